The Kier molecular flexibility index (Phi) is 3.36. The molecule has 1 aromatic carbocycles. The van der Waals surface area contributed by atoms with E-state index in [1.165, 1.54) is 0 Å². The molecular formula is C15H15NO2S. The van der Waals surface area contributed by atoms with Crippen molar-refractivity contribution in [3.05, 3.63) is 52.9 Å². The maximum atomic E-state index is 10.2. The number of thiazole rings is 1. The van der Waals surface area contributed by atoms with Crippen molar-refractivity contribution < 1.29 is 9.52 Å². The topological polar surface area (TPSA) is 46.3 Å². The number of aliphatic hydroxyl groups is 1. The summed E-state index contributed by atoms with van der Waals surface area (Å²) in [4.78, 5) is 4.52. The lowest BCUT2D eigenvalue weighted by molar-refractivity contribution is 0.148. The minimum atomic E-state index is -0.624. The molecule has 0 bridgehead atoms. The fourth-order valence-electron chi connectivity index (χ4n) is 2.04. The van der Waals surface area contributed by atoms with Gasteiger partial charge in [-0.2, -0.15) is 0 Å². The Morgan fingerprint density at radius 3 is 2.84 bits per heavy atom. The number of hydrogen-bond donors (Lipinski definition) is 1. The van der Waals surface area contributed by atoms with Crippen molar-refractivity contribution in [3.8, 4) is 0 Å². The third-order valence-electron chi connectivity index (χ3n) is 3.07. The molecule has 3 nitrogen and oxygen atoms in total. The number of hydrogen-bond acceptors (Lipinski definition) is 4. The Morgan fingerprint density at radius 1 is 1.26 bits per heavy atom. The van der Waals surface area contributed by atoms with Crippen LogP contribution in [0.4, 0.5) is 0 Å². The summed E-state index contributed by atoms with van der Waals surface area (Å²) in [5.74, 6) is 1.52. The normalized spacial score (nSPS) is 12.9. The van der Waals surface area contributed by atoms with E-state index in [4.69, 9.17) is 4.42 Å². The van der Waals surface area contributed by atoms with Crippen LogP contribution in [0.3, 0.4) is 0 Å². The van der Waals surface area contributed by atoms with E-state index in [2.05, 4.69) is 4.98 Å². The number of benzene rings is 1. The number of nitrogens with zero attached hydrogens (tertiary/aromatic N) is 1. The van der Waals surface area contributed by atoms with Gasteiger partial charge in [0.1, 0.15) is 17.6 Å². The first-order chi connectivity index (χ1) is 9.26. The van der Waals surface area contributed by atoms with Crippen LogP contribution in [0.25, 0.3) is 10.2 Å². The second-order valence-electron chi connectivity index (χ2n) is 4.45. The van der Waals surface area contributed by atoms with Gasteiger partial charge in [0.2, 0.25) is 0 Å². The molecule has 2 aromatic heterocycles. The van der Waals surface area contributed by atoms with Crippen molar-refractivity contribution in [2.24, 2.45) is 0 Å². The van der Waals surface area contributed by atoms with Crippen LogP contribution in [0.5, 0.6) is 0 Å². The maximum Gasteiger partial charge on any atom is 0.133 e. The van der Waals surface area contributed by atoms with Gasteiger partial charge in [-0.3, -0.25) is 0 Å². The van der Waals surface area contributed by atoms with Gasteiger partial charge >= 0.3 is 0 Å². The molecule has 0 fully saturated rings. The van der Waals surface area contributed by atoms with Gasteiger partial charge in [-0.15, -0.1) is 11.3 Å². The summed E-state index contributed by atoms with van der Waals surface area (Å²) in [7, 11) is 0. The van der Waals surface area contributed by atoms with Crippen LogP contribution < -0.4 is 0 Å². The summed E-state index contributed by atoms with van der Waals surface area (Å²) in [6.07, 6.45) is 0.713. The molecule has 0 saturated heterocycles. The van der Waals surface area contributed by atoms with Crippen molar-refractivity contribution in [3.63, 3.8) is 0 Å². The van der Waals surface area contributed by atoms with Crippen LogP contribution in [-0.2, 0) is 12.8 Å². The van der Waals surface area contributed by atoms with E-state index in [0.29, 0.717) is 12.2 Å². The number of aromatic nitrogens is 1. The minimum Gasteiger partial charge on any atom is -0.463 e. The van der Waals surface area contributed by atoms with Crippen molar-refractivity contribution in [1.29, 1.82) is 0 Å². The van der Waals surface area contributed by atoms with Crippen LogP contribution in [0.2, 0.25) is 0 Å². The fourth-order valence-corrected chi connectivity index (χ4v) is 3.04. The number of furan rings is 1. The second kappa shape index (κ2) is 5.15. The van der Waals surface area contributed by atoms with Crippen LogP contribution in [0.15, 0.2) is 40.8 Å². The van der Waals surface area contributed by atoms with Gasteiger partial charge in [0.25, 0.3) is 0 Å². The Morgan fingerprint density at radius 2 is 2.11 bits per heavy atom. The summed E-state index contributed by atoms with van der Waals surface area (Å²) in [5, 5.41) is 11.1. The van der Waals surface area contributed by atoms with Crippen LogP contribution in [0, 0.1) is 0 Å². The summed E-state index contributed by atoms with van der Waals surface area (Å²) >= 11 is 1.62. The Balaban J connectivity index is 1.80. The Bertz CT molecular complexity index is 653. The number of para-hydroxylation sites is 1. The predicted octanol–water partition coefficient (Wildman–Crippen LogP) is 3.73. The molecule has 0 radical (unpaired) electrons. The van der Waals surface area contributed by atoms with Gasteiger partial charge in [0, 0.05) is 12.8 Å². The highest BCUT2D eigenvalue weighted by molar-refractivity contribution is 7.18. The molecule has 1 atom stereocenters. The first kappa shape index (κ1) is 12.4. The molecule has 98 valence electrons. The summed E-state index contributed by atoms with van der Waals surface area (Å²) in [6.45, 7) is 2.03. The molecule has 2 heterocycles. The lowest BCUT2D eigenvalue weighted by Gasteiger charge is -2.04. The van der Waals surface area contributed by atoms with Crippen LogP contribution in [0.1, 0.15) is 29.6 Å². The average Bonchev–Trinajstić information content (AvgIpc) is 3.04. The molecule has 3 aromatic rings. The lowest BCUT2D eigenvalue weighted by Crippen LogP contribution is -1.99. The smallest absolute Gasteiger partial charge is 0.133 e. The van der Waals surface area contributed by atoms with E-state index in [1.807, 2.05) is 43.3 Å². The van der Waals surface area contributed by atoms with E-state index in [9.17, 15) is 5.11 Å². The highest BCUT2D eigenvalue weighted by Crippen LogP contribution is 2.26. The number of fused-ring (bicyclic) bond motifs is 1. The van der Waals surface area contributed by atoms with Gasteiger partial charge in [0.05, 0.1) is 15.2 Å². The first-order valence-corrected chi connectivity index (χ1v) is 7.19. The molecule has 0 aliphatic heterocycles. The van der Waals surface area contributed by atoms with Crippen molar-refractivity contribution >= 4 is 21.6 Å². The summed E-state index contributed by atoms with van der Waals surface area (Å²) in [5.41, 5.74) is 0.989. The average molecular weight is 273 g/mol. The zero-order chi connectivity index (χ0) is 13.2. The van der Waals surface area contributed by atoms with Gasteiger partial charge < -0.3 is 9.52 Å². The van der Waals surface area contributed by atoms with Gasteiger partial charge in [0.15, 0.2) is 0 Å². The third kappa shape index (κ3) is 2.55. The molecule has 19 heavy (non-hydrogen) atoms. The number of aryl methyl sites for hydroxylation is 1. The number of aliphatic hydroxyl groups excluding tert-OH is 1. The Labute approximate surface area is 115 Å². The first-order valence-electron chi connectivity index (χ1n) is 6.37. The molecule has 0 aliphatic carbocycles. The highest BCUT2D eigenvalue weighted by atomic mass is 32.1. The fraction of sp³-hybridized carbons (Fsp3) is 0.267. The van der Waals surface area contributed by atoms with Gasteiger partial charge in [-0.25, -0.2) is 4.98 Å². The molecule has 1 N–H and O–H groups in total. The lowest BCUT2D eigenvalue weighted by atomic mass is 10.2. The quantitative estimate of drug-likeness (QED) is 0.788. The van der Waals surface area contributed by atoms with Crippen molar-refractivity contribution in [2.45, 2.75) is 25.9 Å². The third-order valence-corrected chi connectivity index (χ3v) is 4.12. The Hall–Kier alpha value is -1.65. The summed E-state index contributed by atoms with van der Waals surface area (Å²) < 4.78 is 6.72. The SMILES string of the molecule is CCc1ccc(C(O)Cc2nc3ccccc3s2)o1. The van der Waals surface area contributed by atoms with Gasteiger partial charge in [-0.05, 0) is 24.3 Å². The minimum absolute atomic E-state index is 0.496. The van der Waals surface area contributed by atoms with Crippen LogP contribution >= 0.6 is 11.3 Å². The highest BCUT2D eigenvalue weighted by Gasteiger charge is 2.15. The monoisotopic (exact) mass is 273 g/mol. The molecule has 4 heteroatoms. The zero-order valence-electron chi connectivity index (χ0n) is 10.7. The van der Waals surface area contributed by atoms with E-state index >= 15 is 0 Å². The van der Waals surface area contributed by atoms with Crippen molar-refractivity contribution in [1.82, 2.24) is 4.98 Å². The largest absolute Gasteiger partial charge is 0.463 e. The molecule has 0 amide bonds. The van der Waals surface area contributed by atoms with Crippen molar-refractivity contribution in [2.75, 3.05) is 0 Å². The van der Waals surface area contributed by atoms with E-state index in [-0.39, 0.29) is 0 Å². The molecule has 0 aliphatic rings. The van der Waals surface area contributed by atoms with Crippen LogP contribution in [-0.4, -0.2) is 10.1 Å². The second-order valence-corrected chi connectivity index (χ2v) is 5.57. The van der Waals surface area contributed by atoms with E-state index in [0.717, 1.165) is 27.4 Å². The molecular weight excluding hydrogens is 258 g/mol. The predicted molar refractivity (Wildman–Crippen MR) is 76.4 cm³/mol. The molecule has 3 rings (SSSR count). The number of rotatable bonds is 4. The van der Waals surface area contributed by atoms with Gasteiger partial charge in [-0.1, -0.05) is 19.1 Å². The molecule has 0 spiro atoms. The van der Waals surface area contributed by atoms with E-state index < -0.39 is 6.10 Å². The maximum absolute atomic E-state index is 10.2. The molecule has 1 unspecified atom stereocenters. The zero-order valence-corrected chi connectivity index (χ0v) is 11.5. The summed E-state index contributed by atoms with van der Waals surface area (Å²) in [6, 6.07) is 11.8. The standard InChI is InChI=1S/C15H15NO2S/c1-2-10-7-8-13(18-10)12(17)9-15-16-11-5-3-4-6-14(11)19-15/h3-8,12,17H,2,9H2,1H3. The van der Waals surface area contributed by atoms with E-state index in [1.54, 1.807) is 11.3 Å². The molecule has 0 saturated carbocycles.